The first kappa shape index (κ1) is 20.0. The highest BCUT2D eigenvalue weighted by Gasteiger charge is 2.28. The van der Waals surface area contributed by atoms with Crippen LogP contribution in [0, 0.1) is 0 Å². The maximum absolute atomic E-state index is 12.6. The van der Waals surface area contributed by atoms with Gasteiger partial charge in [-0.3, -0.25) is 14.4 Å². The maximum Gasteiger partial charge on any atom is 0.266 e. The predicted molar refractivity (Wildman–Crippen MR) is 115 cm³/mol. The van der Waals surface area contributed by atoms with Gasteiger partial charge in [0.1, 0.15) is 12.2 Å². The number of nitrogens with zero attached hydrogens (tertiary/aromatic N) is 3. The Hall–Kier alpha value is -3.26. The van der Waals surface area contributed by atoms with Crippen molar-refractivity contribution in [3.05, 3.63) is 75.4 Å². The van der Waals surface area contributed by atoms with Gasteiger partial charge < -0.3 is 10.2 Å². The van der Waals surface area contributed by atoms with Gasteiger partial charge in [0.2, 0.25) is 5.91 Å². The zero-order valence-electron chi connectivity index (χ0n) is 16.6. The van der Waals surface area contributed by atoms with Crippen LogP contribution in [0.15, 0.2) is 58.7 Å². The molecule has 0 saturated carbocycles. The third-order valence-electron chi connectivity index (χ3n) is 5.12. The molecule has 0 aliphatic carbocycles. The molecule has 1 atom stereocenters. The van der Waals surface area contributed by atoms with Gasteiger partial charge in [-0.15, -0.1) is 11.3 Å². The first-order valence-electron chi connectivity index (χ1n) is 9.83. The van der Waals surface area contributed by atoms with Gasteiger partial charge in [-0.25, -0.2) is 4.68 Å². The second-order valence-electron chi connectivity index (χ2n) is 7.21. The number of benzene rings is 1. The molecule has 30 heavy (non-hydrogen) atoms. The summed E-state index contributed by atoms with van der Waals surface area (Å²) in [6.45, 7) is 2.63. The van der Waals surface area contributed by atoms with E-state index in [4.69, 9.17) is 0 Å². The van der Waals surface area contributed by atoms with E-state index in [0.29, 0.717) is 18.5 Å². The molecule has 0 spiro atoms. The lowest BCUT2D eigenvalue weighted by molar-refractivity contribution is -0.122. The molecule has 3 heterocycles. The molecule has 1 N–H and O–H groups in total. The number of thiophene rings is 1. The Bertz CT molecular complexity index is 1120. The molecule has 1 aromatic carbocycles. The van der Waals surface area contributed by atoms with E-state index in [2.05, 4.69) is 10.4 Å². The van der Waals surface area contributed by atoms with E-state index in [1.807, 2.05) is 42.6 Å². The van der Waals surface area contributed by atoms with Crippen molar-refractivity contribution in [1.82, 2.24) is 20.0 Å². The number of carbonyl (C=O) groups is 2. The van der Waals surface area contributed by atoms with Crippen LogP contribution in [-0.4, -0.2) is 39.1 Å². The number of hydrogen-bond acceptors (Lipinski definition) is 5. The van der Waals surface area contributed by atoms with Crippen molar-refractivity contribution in [1.29, 1.82) is 0 Å². The van der Waals surface area contributed by atoms with Crippen molar-refractivity contribution in [2.45, 2.75) is 32.5 Å². The van der Waals surface area contributed by atoms with Crippen molar-refractivity contribution >= 4 is 23.2 Å². The van der Waals surface area contributed by atoms with Crippen molar-refractivity contribution in [3.63, 3.8) is 0 Å². The Kier molecular flexibility index (Phi) is 5.76. The first-order chi connectivity index (χ1) is 14.5. The van der Waals surface area contributed by atoms with E-state index >= 15 is 0 Å². The van der Waals surface area contributed by atoms with Crippen molar-refractivity contribution in [2.75, 3.05) is 6.54 Å². The second-order valence-corrected chi connectivity index (χ2v) is 8.15. The van der Waals surface area contributed by atoms with Gasteiger partial charge in [0, 0.05) is 24.2 Å². The molecule has 0 fully saturated rings. The molecule has 4 rings (SSSR count). The lowest BCUT2D eigenvalue weighted by Gasteiger charge is -2.20. The average Bonchev–Trinajstić information content (AvgIpc) is 3.38. The summed E-state index contributed by atoms with van der Waals surface area (Å²) in [5.74, 6) is -0.374. The van der Waals surface area contributed by atoms with Gasteiger partial charge in [-0.2, -0.15) is 5.10 Å². The first-order valence-corrected chi connectivity index (χ1v) is 10.7. The number of rotatable bonds is 7. The highest BCUT2D eigenvalue weighted by molar-refractivity contribution is 7.13. The van der Waals surface area contributed by atoms with Crippen molar-refractivity contribution in [2.24, 2.45) is 0 Å². The third kappa shape index (κ3) is 4.18. The molecule has 0 bridgehead atoms. The van der Waals surface area contributed by atoms with Gasteiger partial charge in [-0.05, 0) is 35.6 Å². The van der Waals surface area contributed by atoms with Crippen LogP contribution in [0.2, 0.25) is 0 Å². The Morgan fingerprint density at radius 2 is 2.00 bits per heavy atom. The van der Waals surface area contributed by atoms with E-state index < -0.39 is 0 Å². The summed E-state index contributed by atoms with van der Waals surface area (Å²) in [6, 6.07) is 14.2. The second kappa shape index (κ2) is 8.62. The molecule has 154 valence electrons. The summed E-state index contributed by atoms with van der Waals surface area (Å²) in [6.07, 6.45) is 0.636. The minimum absolute atomic E-state index is 0.0123. The predicted octanol–water partition coefficient (Wildman–Crippen LogP) is 2.52. The van der Waals surface area contributed by atoms with Gasteiger partial charge in [-0.1, -0.05) is 31.2 Å². The van der Waals surface area contributed by atoms with E-state index in [9.17, 15) is 14.4 Å². The molecule has 7 nitrogen and oxygen atoms in total. The molecular formula is C22H22N4O3S. The molecule has 0 saturated heterocycles. The minimum atomic E-state index is -0.263. The highest BCUT2D eigenvalue weighted by atomic mass is 32.1. The average molecular weight is 423 g/mol. The molecular weight excluding hydrogens is 400 g/mol. The van der Waals surface area contributed by atoms with Crippen molar-refractivity contribution < 1.29 is 9.59 Å². The number of amides is 2. The Balaban J connectivity index is 1.41. The molecule has 8 heteroatoms. The Labute approximate surface area is 178 Å². The lowest BCUT2D eigenvalue weighted by Crippen LogP contribution is -2.45. The quantitative estimate of drug-likeness (QED) is 0.634. The van der Waals surface area contributed by atoms with Crippen LogP contribution in [0.25, 0.3) is 10.6 Å². The van der Waals surface area contributed by atoms with Crippen LogP contribution in [-0.2, 0) is 17.9 Å². The number of nitrogens with one attached hydrogen (secondary N) is 1. The zero-order chi connectivity index (χ0) is 21.1. The van der Waals surface area contributed by atoms with Crippen LogP contribution in [0.4, 0.5) is 0 Å². The van der Waals surface area contributed by atoms with Gasteiger partial charge in [0.25, 0.3) is 11.5 Å². The fraction of sp³-hybridized carbons (Fsp3) is 0.273. The van der Waals surface area contributed by atoms with Gasteiger partial charge in [0.15, 0.2) is 0 Å². The molecule has 2 aromatic heterocycles. The van der Waals surface area contributed by atoms with Gasteiger partial charge >= 0.3 is 0 Å². The van der Waals surface area contributed by atoms with Crippen LogP contribution in [0.3, 0.4) is 0 Å². The van der Waals surface area contributed by atoms with Crippen LogP contribution >= 0.6 is 11.3 Å². The number of carbonyl (C=O) groups excluding carboxylic acids is 2. The van der Waals surface area contributed by atoms with Crippen LogP contribution < -0.4 is 10.9 Å². The molecule has 0 radical (unpaired) electrons. The fourth-order valence-corrected chi connectivity index (χ4v) is 4.20. The van der Waals surface area contributed by atoms with Gasteiger partial charge in [0.05, 0.1) is 11.4 Å². The monoisotopic (exact) mass is 422 g/mol. The van der Waals surface area contributed by atoms with E-state index in [1.54, 1.807) is 23.5 Å². The number of hydrogen-bond donors (Lipinski definition) is 1. The van der Waals surface area contributed by atoms with E-state index in [0.717, 1.165) is 16.1 Å². The SMILES string of the molecule is CC[C@@H](Cn1nc(-c2cccs2)ccc1=O)NC(=O)CN1Cc2ccccc2C1=O. The zero-order valence-corrected chi connectivity index (χ0v) is 17.4. The smallest absolute Gasteiger partial charge is 0.266 e. The molecule has 1 aliphatic rings. The van der Waals surface area contributed by atoms with E-state index in [1.165, 1.54) is 15.6 Å². The topological polar surface area (TPSA) is 84.3 Å². The molecule has 1 aliphatic heterocycles. The number of aromatic nitrogens is 2. The molecule has 0 unspecified atom stereocenters. The summed E-state index contributed by atoms with van der Waals surface area (Å²) in [7, 11) is 0. The maximum atomic E-state index is 12.6. The minimum Gasteiger partial charge on any atom is -0.350 e. The highest BCUT2D eigenvalue weighted by Crippen LogP contribution is 2.22. The summed E-state index contributed by atoms with van der Waals surface area (Å²) in [4.78, 5) is 39.8. The normalized spacial score (nSPS) is 13.9. The lowest BCUT2D eigenvalue weighted by atomic mass is 10.1. The Morgan fingerprint density at radius 1 is 1.17 bits per heavy atom. The third-order valence-corrected chi connectivity index (χ3v) is 6.01. The largest absolute Gasteiger partial charge is 0.350 e. The summed E-state index contributed by atoms with van der Waals surface area (Å²) >= 11 is 1.55. The standard InChI is InChI=1S/C22H22N4O3S/c1-2-16(13-26-21(28)10-9-18(24-26)19-8-5-11-30-19)23-20(27)14-25-12-15-6-3-4-7-17(15)22(25)29/h3-11,16H,2,12-14H2,1H3,(H,23,27)/t16-/m0/s1. The number of fused-ring (bicyclic) bond motifs is 1. The fourth-order valence-electron chi connectivity index (χ4n) is 3.51. The molecule has 2 amide bonds. The molecule has 3 aromatic rings. The van der Waals surface area contributed by atoms with Crippen LogP contribution in [0.1, 0.15) is 29.3 Å². The summed E-state index contributed by atoms with van der Waals surface area (Å²) in [5, 5.41) is 9.35. The summed E-state index contributed by atoms with van der Waals surface area (Å²) < 4.78 is 1.39. The summed E-state index contributed by atoms with van der Waals surface area (Å²) in [5.41, 5.74) is 2.10. The van der Waals surface area contributed by atoms with Crippen molar-refractivity contribution in [3.8, 4) is 10.6 Å². The van der Waals surface area contributed by atoms with E-state index in [-0.39, 0.29) is 36.5 Å². The Morgan fingerprint density at radius 3 is 2.73 bits per heavy atom. The van der Waals surface area contributed by atoms with Crippen LogP contribution in [0.5, 0.6) is 0 Å².